The summed E-state index contributed by atoms with van der Waals surface area (Å²) in [6.45, 7) is 2.10. The van der Waals surface area contributed by atoms with Gasteiger partial charge in [0.25, 0.3) is 0 Å². The molecule has 1 rings (SSSR count). The van der Waals surface area contributed by atoms with E-state index < -0.39 is 11.6 Å². The van der Waals surface area contributed by atoms with Gasteiger partial charge in [-0.05, 0) is 24.1 Å². The van der Waals surface area contributed by atoms with Crippen molar-refractivity contribution >= 4 is 0 Å². The van der Waals surface area contributed by atoms with E-state index in [0.29, 0.717) is 5.56 Å². The maximum atomic E-state index is 13.0. The summed E-state index contributed by atoms with van der Waals surface area (Å²) in [5.41, 5.74) is 3.16. The van der Waals surface area contributed by atoms with E-state index in [9.17, 15) is 8.78 Å². The number of hydrazine groups is 1. The van der Waals surface area contributed by atoms with E-state index in [1.165, 1.54) is 12.1 Å². The molecule has 0 bridgehead atoms. The zero-order valence-corrected chi connectivity index (χ0v) is 9.47. The third-order valence-electron chi connectivity index (χ3n) is 2.58. The highest BCUT2D eigenvalue weighted by Crippen LogP contribution is 2.21. The zero-order valence-electron chi connectivity index (χ0n) is 9.47. The Morgan fingerprint density at radius 2 is 1.81 bits per heavy atom. The number of hydrogen-bond donors (Lipinski definition) is 2. The summed E-state index contributed by atoms with van der Waals surface area (Å²) in [6.07, 6.45) is 3.97. The van der Waals surface area contributed by atoms with Gasteiger partial charge in [0.1, 0.15) is 11.6 Å². The highest BCUT2D eigenvalue weighted by atomic mass is 19.1. The molecule has 1 atom stereocenters. The minimum Gasteiger partial charge on any atom is -0.271 e. The first-order valence-electron chi connectivity index (χ1n) is 5.59. The smallest absolute Gasteiger partial charge is 0.126 e. The molecule has 0 aromatic heterocycles. The molecule has 0 fully saturated rings. The van der Waals surface area contributed by atoms with Crippen LogP contribution in [0.5, 0.6) is 0 Å². The van der Waals surface area contributed by atoms with Gasteiger partial charge in [0.05, 0.1) is 0 Å². The van der Waals surface area contributed by atoms with Crippen LogP contribution in [0.1, 0.15) is 44.2 Å². The lowest BCUT2D eigenvalue weighted by molar-refractivity contribution is 0.479. The van der Waals surface area contributed by atoms with E-state index >= 15 is 0 Å². The van der Waals surface area contributed by atoms with Crippen molar-refractivity contribution in [3.8, 4) is 0 Å². The minimum absolute atomic E-state index is 0.184. The molecule has 0 saturated heterocycles. The van der Waals surface area contributed by atoms with E-state index in [-0.39, 0.29) is 6.04 Å². The Labute approximate surface area is 94.8 Å². The summed E-state index contributed by atoms with van der Waals surface area (Å²) >= 11 is 0. The maximum absolute atomic E-state index is 13.0. The highest BCUT2D eigenvalue weighted by molar-refractivity contribution is 5.21. The van der Waals surface area contributed by atoms with Gasteiger partial charge in [0, 0.05) is 12.1 Å². The first-order chi connectivity index (χ1) is 7.67. The second-order valence-corrected chi connectivity index (χ2v) is 3.92. The zero-order chi connectivity index (χ0) is 12.0. The third kappa shape index (κ3) is 3.87. The summed E-state index contributed by atoms with van der Waals surface area (Å²) in [5, 5.41) is 0. The van der Waals surface area contributed by atoms with Crippen molar-refractivity contribution < 1.29 is 8.78 Å². The molecule has 3 N–H and O–H groups in total. The van der Waals surface area contributed by atoms with E-state index in [0.717, 1.165) is 31.7 Å². The fourth-order valence-electron chi connectivity index (χ4n) is 1.72. The quantitative estimate of drug-likeness (QED) is 0.446. The highest BCUT2D eigenvalue weighted by Gasteiger charge is 2.11. The lowest BCUT2D eigenvalue weighted by Crippen LogP contribution is -2.28. The molecular weight excluding hydrogens is 210 g/mol. The van der Waals surface area contributed by atoms with Crippen LogP contribution < -0.4 is 11.3 Å². The van der Waals surface area contributed by atoms with E-state index in [1.807, 2.05) is 0 Å². The van der Waals surface area contributed by atoms with Crippen LogP contribution in [0.3, 0.4) is 0 Å². The van der Waals surface area contributed by atoms with Gasteiger partial charge in [-0.1, -0.05) is 26.2 Å². The van der Waals surface area contributed by atoms with Crippen LogP contribution in [-0.2, 0) is 0 Å². The third-order valence-corrected chi connectivity index (χ3v) is 2.58. The molecule has 1 unspecified atom stereocenters. The van der Waals surface area contributed by atoms with Crippen molar-refractivity contribution in [2.75, 3.05) is 0 Å². The summed E-state index contributed by atoms with van der Waals surface area (Å²) in [4.78, 5) is 0. The van der Waals surface area contributed by atoms with Crippen LogP contribution in [-0.4, -0.2) is 0 Å². The number of nitrogens with one attached hydrogen (secondary N) is 1. The predicted octanol–water partition coefficient (Wildman–Crippen LogP) is 3.05. The minimum atomic E-state index is -0.564. The number of hydrogen-bond acceptors (Lipinski definition) is 2. The lowest BCUT2D eigenvalue weighted by atomic mass is 10.0. The standard InChI is InChI=1S/C12H18F2N2/c1-2-3-4-5-12(16-15)9-6-10(13)8-11(14)7-9/h6-8,12,16H,2-5,15H2,1H3. The van der Waals surface area contributed by atoms with Crippen molar-refractivity contribution in [1.29, 1.82) is 0 Å². The SMILES string of the molecule is CCCCCC(NN)c1cc(F)cc(F)c1. The molecule has 0 aliphatic carbocycles. The van der Waals surface area contributed by atoms with Crippen molar-refractivity contribution in [3.63, 3.8) is 0 Å². The first-order valence-corrected chi connectivity index (χ1v) is 5.59. The number of rotatable bonds is 6. The van der Waals surface area contributed by atoms with Crippen LogP contribution in [0.2, 0.25) is 0 Å². The van der Waals surface area contributed by atoms with Crippen LogP contribution in [0.15, 0.2) is 18.2 Å². The van der Waals surface area contributed by atoms with E-state index in [1.54, 1.807) is 0 Å². The van der Waals surface area contributed by atoms with Crippen molar-refractivity contribution in [3.05, 3.63) is 35.4 Å². The van der Waals surface area contributed by atoms with Crippen LogP contribution >= 0.6 is 0 Å². The molecular formula is C12H18F2N2. The van der Waals surface area contributed by atoms with Gasteiger partial charge in [-0.2, -0.15) is 0 Å². The Bertz CT molecular complexity index is 309. The summed E-state index contributed by atoms with van der Waals surface area (Å²) in [5.74, 6) is 4.26. The van der Waals surface area contributed by atoms with Gasteiger partial charge in [-0.25, -0.2) is 8.78 Å². The van der Waals surface area contributed by atoms with Crippen molar-refractivity contribution in [1.82, 2.24) is 5.43 Å². The largest absolute Gasteiger partial charge is 0.271 e. The fraction of sp³-hybridized carbons (Fsp3) is 0.500. The Balaban J connectivity index is 2.70. The molecule has 0 radical (unpaired) electrons. The molecule has 0 heterocycles. The molecule has 90 valence electrons. The number of benzene rings is 1. The number of halogens is 2. The van der Waals surface area contributed by atoms with Gasteiger partial charge in [0.15, 0.2) is 0 Å². The first kappa shape index (κ1) is 13.1. The van der Waals surface area contributed by atoms with E-state index in [2.05, 4.69) is 12.3 Å². The average Bonchev–Trinajstić information content (AvgIpc) is 2.23. The molecule has 0 amide bonds. The predicted molar refractivity (Wildman–Crippen MR) is 60.6 cm³/mol. The lowest BCUT2D eigenvalue weighted by Gasteiger charge is -2.16. The van der Waals surface area contributed by atoms with Crippen LogP contribution in [0.4, 0.5) is 8.78 Å². The van der Waals surface area contributed by atoms with Gasteiger partial charge in [0.2, 0.25) is 0 Å². The van der Waals surface area contributed by atoms with Crippen molar-refractivity contribution in [2.24, 2.45) is 5.84 Å². The van der Waals surface area contributed by atoms with Gasteiger partial charge in [-0.15, -0.1) is 0 Å². The molecule has 0 aliphatic rings. The van der Waals surface area contributed by atoms with Crippen LogP contribution in [0.25, 0.3) is 0 Å². The number of nitrogens with two attached hydrogens (primary N) is 1. The molecule has 1 aromatic carbocycles. The van der Waals surface area contributed by atoms with Gasteiger partial charge in [-0.3, -0.25) is 11.3 Å². The molecule has 0 spiro atoms. The molecule has 0 saturated carbocycles. The Morgan fingerprint density at radius 1 is 1.19 bits per heavy atom. The maximum Gasteiger partial charge on any atom is 0.126 e. The second kappa shape index (κ2) is 6.55. The molecule has 0 aliphatic heterocycles. The topological polar surface area (TPSA) is 38.0 Å². The van der Waals surface area contributed by atoms with Crippen molar-refractivity contribution in [2.45, 2.75) is 38.6 Å². The molecule has 1 aromatic rings. The van der Waals surface area contributed by atoms with Gasteiger partial charge >= 0.3 is 0 Å². The van der Waals surface area contributed by atoms with Crippen LogP contribution in [0, 0.1) is 11.6 Å². The summed E-state index contributed by atoms with van der Waals surface area (Å²) < 4.78 is 26.0. The normalized spacial score (nSPS) is 12.8. The summed E-state index contributed by atoms with van der Waals surface area (Å²) in [6, 6.07) is 3.32. The molecule has 4 heteroatoms. The second-order valence-electron chi connectivity index (χ2n) is 3.92. The Hall–Kier alpha value is -1.00. The average molecular weight is 228 g/mol. The monoisotopic (exact) mass is 228 g/mol. The number of unbranched alkanes of at least 4 members (excludes halogenated alkanes) is 2. The Kier molecular flexibility index (Phi) is 5.35. The molecule has 16 heavy (non-hydrogen) atoms. The molecule has 2 nitrogen and oxygen atoms in total. The van der Waals surface area contributed by atoms with Gasteiger partial charge < -0.3 is 0 Å². The summed E-state index contributed by atoms with van der Waals surface area (Å²) in [7, 11) is 0. The Morgan fingerprint density at radius 3 is 2.31 bits per heavy atom. The van der Waals surface area contributed by atoms with E-state index in [4.69, 9.17) is 5.84 Å². The fourth-order valence-corrected chi connectivity index (χ4v) is 1.72.